The van der Waals surface area contributed by atoms with Crippen LogP contribution in [0, 0.1) is 6.92 Å². The number of hydrazine groups is 1. The minimum Gasteiger partial charge on any atom is -0.484 e. The van der Waals surface area contributed by atoms with Crippen molar-refractivity contribution in [1.29, 1.82) is 0 Å². The molecule has 0 radical (unpaired) electrons. The van der Waals surface area contributed by atoms with Crippen LogP contribution in [0.5, 0.6) is 5.75 Å². The van der Waals surface area contributed by atoms with Gasteiger partial charge in [0, 0.05) is 11.6 Å². The summed E-state index contributed by atoms with van der Waals surface area (Å²) in [6.07, 6.45) is -4.37. The molecule has 7 nitrogen and oxygen atoms in total. The van der Waals surface area contributed by atoms with Crippen LogP contribution in [0.1, 0.15) is 16.7 Å². The van der Waals surface area contributed by atoms with Gasteiger partial charge in [-0.3, -0.25) is 10.2 Å². The summed E-state index contributed by atoms with van der Waals surface area (Å²) in [6.45, 7) is 0.158. The number of aryl methyl sites for hydroxylation is 1. The Labute approximate surface area is 181 Å². The Bertz CT molecular complexity index is 892. The molecule has 3 amide bonds. The number of amides is 3. The summed E-state index contributed by atoms with van der Waals surface area (Å²) in [5.74, 6) is -0.0975. The molecular weight excluding hydrogens is 439 g/mol. The van der Waals surface area contributed by atoms with Crippen LogP contribution < -0.4 is 20.9 Å². The average Bonchev–Trinajstić information content (AvgIpc) is 2.71. The number of nitrogens with one attached hydrogen (secondary N) is 3. The second-order valence-corrected chi connectivity index (χ2v) is 6.89. The first-order valence-corrected chi connectivity index (χ1v) is 9.44. The van der Waals surface area contributed by atoms with Gasteiger partial charge in [-0.2, -0.15) is 13.2 Å². The summed E-state index contributed by atoms with van der Waals surface area (Å²) in [6, 6.07) is 10.8. The maximum Gasteiger partial charge on any atom is 0.411 e. The molecule has 3 N–H and O–H groups in total. The highest BCUT2D eigenvalue weighted by atomic mass is 35.5. The van der Waals surface area contributed by atoms with Crippen LogP contribution in [0.2, 0.25) is 5.02 Å². The summed E-state index contributed by atoms with van der Waals surface area (Å²) in [5, 5.41) is 3.11. The number of hydrogen-bond donors (Lipinski definition) is 3. The van der Waals surface area contributed by atoms with E-state index in [9.17, 15) is 22.8 Å². The fourth-order valence-electron chi connectivity index (χ4n) is 2.28. The minimum atomic E-state index is -4.37. The monoisotopic (exact) mass is 459 g/mol. The van der Waals surface area contributed by atoms with Crippen molar-refractivity contribution in [3.8, 4) is 5.75 Å². The molecule has 0 saturated heterocycles. The largest absolute Gasteiger partial charge is 0.484 e. The van der Waals surface area contributed by atoms with Gasteiger partial charge >= 0.3 is 12.2 Å². The van der Waals surface area contributed by atoms with Crippen LogP contribution in [0.4, 0.5) is 18.0 Å². The third-order valence-corrected chi connectivity index (χ3v) is 4.25. The second-order valence-electron chi connectivity index (χ2n) is 6.48. The SMILES string of the molecule is Cc1cc(OCC(=O)NNC(=O)NCc2ccc(COCC(F)(F)F)cc2)ccc1Cl. The highest BCUT2D eigenvalue weighted by Gasteiger charge is 2.27. The summed E-state index contributed by atoms with van der Waals surface area (Å²) in [7, 11) is 0. The smallest absolute Gasteiger partial charge is 0.411 e. The molecule has 0 aliphatic rings. The van der Waals surface area contributed by atoms with E-state index >= 15 is 0 Å². The molecule has 0 saturated carbocycles. The number of carbonyl (C=O) groups excluding carboxylic acids is 2. The van der Waals surface area contributed by atoms with Crippen molar-refractivity contribution in [2.45, 2.75) is 26.3 Å². The van der Waals surface area contributed by atoms with Crippen molar-refractivity contribution in [3.63, 3.8) is 0 Å². The Morgan fingerprint density at radius 1 is 1.03 bits per heavy atom. The summed E-state index contributed by atoms with van der Waals surface area (Å²) >= 11 is 5.91. The van der Waals surface area contributed by atoms with Gasteiger partial charge in [0.15, 0.2) is 6.61 Å². The summed E-state index contributed by atoms with van der Waals surface area (Å²) in [5.41, 5.74) is 6.47. The van der Waals surface area contributed by atoms with E-state index < -0.39 is 24.7 Å². The van der Waals surface area contributed by atoms with Gasteiger partial charge < -0.3 is 14.8 Å². The number of urea groups is 1. The molecule has 2 aromatic carbocycles. The fraction of sp³-hybridized carbons (Fsp3) is 0.300. The van der Waals surface area contributed by atoms with Gasteiger partial charge in [0.2, 0.25) is 0 Å². The van der Waals surface area contributed by atoms with Gasteiger partial charge in [-0.1, -0.05) is 35.9 Å². The maximum absolute atomic E-state index is 12.1. The number of benzene rings is 2. The van der Waals surface area contributed by atoms with Crippen molar-refractivity contribution in [3.05, 3.63) is 64.2 Å². The topological polar surface area (TPSA) is 88.7 Å². The van der Waals surface area contributed by atoms with Gasteiger partial charge in [-0.05, 0) is 41.8 Å². The van der Waals surface area contributed by atoms with Crippen LogP contribution in [0.3, 0.4) is 0 Å². The highest BCUT2D eigenvalue weighted by Crippen LogP contribution is 2.20. The first kappa shape index (κ1) is 24.3. The van der Waals surface area contributed by atoms with Crippen LogP contribution in [0.15, 0.2) is 42.5 Å². The average molecular weight is 460 g/mol. The molecule has 0 atom stereocenters. The molecule has 11 heteroatoms. The van der Waals surface area contributed by atoms with E-state index in [1.54, 1.807) is 49.4 Å². The van der Waals surface area contributed by atoms with E-state index in [0.717, 1.165) is 5.56 Å². The molecule has 0 aliphatic carbocycles. The predicted octanol–water partition coefficient (Wildman–Crippen LogP) is 3.64. The number of carbonyl (C=O) groups is 2. The molecule has 0 heterocycles. The van der Waals surface area contributed by atoms with Crippen molar-refractivity contribution in [2.75, 3.05) is 13.2 Å². The molecule has 0 spiro atoms. The molecular formula is C20H21ClF3N3O4. The Morgan fingerprint density at radius 2 is 1.71 bits per heavy atom. The first-order valence-electron chi connectivity index (χ1n) is 9.06. The van der Waals surface area contributed by atoms with Crippen molar-refractivity contribution >= 4 is 23.5 Å². The zero-order chi connectivity index (χ0) is 22.9. The molecule has 31 heavy (non-hydrogen) atoms. The predicted molar refractivity (Wildman–Crippen MR) is 107 cm³/mol. The number of rotatable bonds is 8. The fourth-order valence-corrected chi connectivity index (χ4v) is 2.40. The summed E-state index contributed by atoms with van der Waals surface area (Å²) in [4.78, 5) is 23.5. The van der Waals surface area contributed by atoms with Crippen LogP contribution in [0.25, 0.3) is 0 Å². The number of halogens is 4. The minimum absolute atomic E-state index is 0.145. The molecule has 2 rings (SSSR count). The van der Waals surface area contributed by atoms with Crippen molar-refractivity contribution in [1.82, 2.24) is 16.2 Å². The lowest BCUT2D eigenvalue weighted by atomic mass is 10.1. The Kier molecular flexibility index (Phi) is 8.95. The quantitative estimate of drug-likeness (QED) is 0.526. The van der Waals surface area contributed by atoms with Gasteiger partial charge in [0.25, 0.3) is 5.91 Å². The molecule has 0 bridgehead atoms. The number of alkyl halides is 3. The third-order valence-electron chi connectivity index (χ3n) is 3.83. The van der Waals surface area contributed by atoms with Gasteiger partial charge in [0.05, 0.1) is 6.61 Å². The number of ether oxygens (including phenoxy) is 2. The van der Waals surface area contributed by atoms with E-state index in [1.165, 1.54) is 0 Å². The maximum atomic E-state index is 12.1. The molecule has 0 aliphatic heterocycles. The lowest BCUT2D eigenvalue weighted by Crippen LogP contribution is -2.48. The lowest BCUT2D eigenvalue weighted by Gasteiger charge is -2.11. The van der Waals surface area contributed by atoms with Gasteiger partial charge in [0.1, 0.15) is 12.4 Å². The molecule has 0 fully saturated rings. The second kappa shape index (κ2) is 11.4. The summed E-state index contributed by atoms with van der Waals surface area (Å²) < 4.78 is 46.0. The third kappa shape index (κ3) is 9.58. The van der Waals surface area contributed by atoms with E-state index in [0.29, 0.717) is 21.9 Å². The Hall–Kier alpha value is -2.98. The lowest BCUT2D eigenvalue weighted by molar-refractivity contribution is -0.176. The Morgan fingerprint density at radius 3 is 2.35 bits per heavy atom. The van der Waals surface area contributed by atoms with Gasteiger partial charge in [-0.15, -0.1) is 0 Å². The molecule has 0 aromatic heterocycles. The van der Waals surface area contributed by atoms with Gasteiger partial charge in [-0.25, -0.2) is 10.2 Å². The zero-order valence-corrected chi connectivity index (χ0v) is 17.3. The van der Waals surface area contributed by atoms with E-state index in [2.05, 4.69) is 20.9 Å². The normalized spacial score (nSPS) is 11.0. The van der Waals surface area contributed by atoms with E-state index in [4.69, 9.17) is 16.3 Å². The number of hydrogen-bond acceptors (Lipinski definition) is 4. The standard InChI is InChI=1S/C20H21ClF3N3O4/c1-13-8-16(6-7-17(13)21)31-11-18(28)26-27-19(29)25-9-14-2-4-15(5-3-14)10-30-12-20(22,23)24/h2-8H,9-12H2,1H3,(H,26,28)(H2,25,27,29). The first-order chi connectivity index (χ1) is 14.6. The Balaban J connectivity index is 1.64. The van der Waals surface area contributed by atoms with Crippen LogP contribution in [-0.2, 0) is 22.7 Å². The van der Waals surface area contributed by atoms with E-state index in [-0.39, 0.29) is 19.8 Å². The molecule has 168 valence electrons. The van der Waals surface area contributed by atoms with Crippen molar-refractivity contribution in [2.24, 2.45) is 0 Å². The highest BCUT2D eigenvalue weighted by molar-refractivity contribution is 6.31. The van der Waals surface area contributed by atoms with E-state index in [1.807, 2.05) is 0 Å². The van der Waals surface area contributed by atoms with Crippen LogP contribution in [-0.4, -0.2) is 31.3 Å². The molecule has 0 unspecified atom stereocenters. The molecule has 2 aromatic rings. The van der Waals surface area contributed by atoms with Crippen molar-refractivity contribution < 1.29 is 32.2 Å². The zero-order valence-electron chi connectivity index (χ0n) is 16.5. The van der Waals surface area contributed by atoms with Crippen LogP contribution >= 0.6 is 11.6 Å².